The molecule has 1 nitrogen and oxygen atoms in total. The van der Waals surface area contributed by atoms with Gasteiger partial charge in [-0.2, -0.15) is 0 Å². The summed E-state index contributed by atoms with van der Waals surface area (Å²) in [7, 11) is 0. The second-order valence-corrected chi connectivity index (χ2v) is 6.29. The number of rotatable bonds is 4. The third-order valence-corrected chi connectivity index (χ3v) is 4.34. The Balaban J connectivity index is 2.26. The zero-order valence-corrected chi connectivity index (χ0v) is 12.6. The second kappa shape index (κ2) is 6.38. The number of thiophene rings is 1. The summed E-state index contributed by atoms with van der Waals surface area (Å²) in [6, 6.07) is 12.1. The highest BCUT2D eigenvalue weighted by molar-refractivity contribution is 7.16. The first-order chi connectivity index (χ1) is 9.10. The first-order valence-electron chi connectivity index (χ1n) is 6.27. The Kier molecular flexibility index (Phi) is 4.81. The maximum absolute atomic E-state index is 9.33. The number of hydrogen-bond donors (Lipinski definition) is 1. The fourth-order valence-corrected chi connectivity index (χ4v) is 2.89. The molecule has 0 atom stereocenters. The first kappa shape index (κ1) is 14.3. The van der Waals surface area contributed by atoms with E-state index in [1.807, 2.05) is 24.3 Å². The molecule has 0 unspecified atom stereocenters. The molecule has 1 aromatic carbocycles. The summed E-state index contributed by atoms with van der Waals surface area (Å²) in [6.45, 7) is 4.30. The average Bonchev–Trinajstić information content (AvgIpc) is 2.85. The minimum absolute atomic E-state index is 0.117. The van der Waals surface area contributed by atoms with Gasteiger partial charge in [-0.15, -0.1) is 11.3 Å². The fourth-order valence-electron chi connectivity index (χ4n) is 1.78. The van der Waals surface area contributed by atoms with Gasteiger partial charge in [0, 0.05) is 14.8 Å². The summed E-state index contributed by atoms with van der Waals surface area (Å²) >= 11 is 7.62. The van der Waals surface area contributed by atoms with Gasteiger partial charge in [-0.3, -0.25) is 0 Å². The van der Waals surface area contributed by atoms with Crippen LogP contribution in [0, 0.1) is 5.92 Å². The van der Waals surface area contributed by atoms with Gasteiger partial charge in [-0.1, -0.05) is 37.6 Å². The maximum atomic E-state index is 9.33. The van der Waals surface area contributed by atoms with Gasteiger partial charge in [0.2, 0.25) is 0 Å². The van der Waals surface area contributed by atoms with Crippen molar-refractivity contribution in [3.8, 4) is 10.4 Å². The van der Waals surface area contributed by atoms with Gasteiger partial charge in [0.1, 0.15) is 0 Å². The van der Waals surface area contributed by atoms with Crippen LogP contribution in [0.25, 0.3) is 16.5 Å². The molecule has 0 saturated carbocycles. The predicted octanol–water partition coefficient (Wildman–Crippen LogP) is 5.10. The highest BCUT2D eigenvalue weighted by Gasteiger charge is 2.05. The molecular weight excluding hydrogens is 276 g/mol. The molecule has 0 aliphatic rings. The third kappa shape index (κ3) is 3.69. The molecule has 0 aliphatic heterocycles. The van der Waals surface area contributed by atoms with Gasteiger partial charge in [-0.25, -0.2) is 0 Å². The fraction of sp³-hybridized carbons (Fsp3) is 0.250. The van der Waals surface area contributed by atoms with Gasteiger partial charge >= 0.3 is 0 Å². The monoisotopic (exact) mass is 292 g/mol. The highest BCUT2D eigenvalue weighted by atomic mass is 35.5. The van der Waals surface area contributed by atoms with Crippen molar-refractivity contribution >= 4 is 29.0 Å². The van der Waals surface area contributed by atoms with E-state index in [4.69, 9.17) is 11.6 Å². The van der Waals surface area contributed by atoms with Crippen LogP contribution in [-0.2, 0) is 0 Å². The van der Waals surface area contributed by atoms with Crippen LogP contribution in [0.5, 0.6) is 0 Å². The maximum Gasteiger partial charge on any atom is 0.0647 e. The van der Waals surface area contributed by atoms with E-state index in [2.05, 4.69) is 32.1 Å². The van der Waals surface area contributed by atoms with Gasteiger partial charge in [-0.05, 0) is 47.4 Å². The van der Waals surface area contributed by atoms with E-state index < -0.39 is 0 Å². The number of benzene rings is 1. The van der Waals surface area contributed by atoms with Crippen molar-refractivity contribution < 1.29 is 5.11 Å². The minimum atomic E-state index is 0.117. The van der Waals surface area contributed by atoms with E-state index in [1.165, 1.54) is 15.3 Å². The predicted molar refractivity (Wildman–Crippen MR) is 84.7 cm³/mol. The van der Waals surface area contributed by atoms with Gasteiger partial charge in [0.25, 0.3) is 0 Å². The lowest BCUT2D eigenvalue weighted by Crippen LogP contribution is -1.98. The summed E-state index contributed by atoms with van der Waals surface area (Å²) in [4.78, 5) is 2.38. The molecule has 1 heterocycles. The molecule has 100 valence electrons. The molecule has 0 radical (unpaired) electrons. The summed E-state index contributed by atoms with van der Waals surface area (Å²) in [5.41, 5.74) is 2.23. The molecule has 1 N–H and O–H groups in total. The smallest absolute Gasteiger partial charge is 0.0647 e. The quantitative estimate of drug-likeness (QED) is 0.831. The van der Waals surface area contributed by atoms with E-state index in [-0.39, 0.29) is 6.61 Å². The molecule has 2 aromatic rings. The van der Waals surface area contributed by atoms with Crippen molar-refractivity contribution in [3.63, 3.8) is 0 Å². The summed E-state index contributed by atoms with van der Waals surface area (Å²) < 4.78 is 0. The largest absolute Gasteiger partial charge is 0.392 e. The van der Waals surface area contributed by atoms with Crippen molar-refractivity contribution in [2.24, 2.45) is 5.92 Å². The first-order valence-corrected chi connectivity index (χ1v) is 7.46. The van der Waals surface area contributed by atoms with E-state index >= 15 is 0 Å². The zero-order chi connectivity index (χ0) is 13.8. The molecule has 0 fully saturated rings. The van der Waals surface area contributed by atoms with Gasteiger partial charge in [0.05, 0.1) is 6.61 Å². The molecule has 2 rings (SSSR count). The zero-order valence-electron chi connectivity index (χ0n) is 11.1. The molecular formula is C16H17ClOS. The molecule has 0 bridgehead atoms. The SMILES string of the molecule is CC(C)C(=Cc1ccc(-c2ccc(Cl)cc2)s1)CO. The number of aliphatic hydroxyl groups excluding tert-OH is 1. The Morgan fingerprint density at radius 1 is 1.21 bits per heavy atom. The molecule has 1 aromatic heterocycles. The van der Waals surface area contributed by atoms with Crippen LogP contribution >= 0.6 is 22.9 Å². The second-order valence-electron chi connectivity index (χ2n) is 4.74. The van der Waals surface area contributed by atoms with Crippen molar-refractivity contribution in [3.05, 3.63) is 51.9 Å². The van der Waals surface area contributed by atoms with Crippen LogP contribution in [0.2, 0.25) is 5.02 Å². The molecule has 0 aliphatic carbocycles. The molecule has 3 heteroatoms. The van der Waals surface area contributed by atoms with E-state index in [0.29, 0.717) is 5.92 Å². The van der Waals surface area contributed by atoms with E-state index in [0.717, 1.165) is 10.6 Å². The standard InChI is InChI=1S/C16H17ClOS/c1-11(2)13(10-18)9-15-7-8-16(19-15)12-3-5-14(17)6-4-12/h3-9,11,18H,10H2,1-2H3. The highest BCUT2D eigenvalue weighted by Crippen LogP contribution is 2.30. The summed E-state index contributed by atoms with van der Waals surface area (Å²) in [6.07, 6.45) is 2.08. The van der Waals surface area contributed by atoms with Crippen molar-refractivity contribution in [2.45, 2.75) is 13.8 Å². The number of halogens is 1. The molecule has 0 saturated heterocycles. The van der Waals surface area contributed by atoms with Crippen LogP contribution in [0.1, 0.15) is 18.7 Å². The Morgan fingerprint density at radius 2 is 1.89 bits per heavy atom. The van der Waals surface area contributed by atoms with Crippen LogP contribution in [0.4, 0.5) is 0 Å². The van der Waals surface area contributed by atoms with Crippen LogP contribution in [0.3, 0.4) is 0 Å². The lowest BCUT2D eigenvalue weighted by molar-refractivity contribution is 0.320. The lowest BCUT2D eigenvalue weighted by atomic mass is 10.0. The Labute approximate surface area is 123 Å². The number of aliphatic hydroxyl groups is 1. The van der Waals surface area contributed by atoms with E-state index in [9.17, 15) is 5.11 Å². The van der Waals surface area contributed by atoms with Crippen LogP contribution in [-0.4, -0.2) is 11.7 Å². The van der Waals surface area contributed by atoms with Crippen molar-refractivity contribution in [1.29, 1.82) is 0 Å². The topological polar surface area (TPSA) is 20.2 Å². The molecule has 0 spiro atoms. The number of hydrogen-bond acceptors (Lipinski definition) is 2. The molecule has 0 amide bonds. The molecule has 19 heavy (non-hydrogen) atoms. The van der Waals surface area contributed by atoms with Gasteiger partial charge in [0.15, 0.2) is 0 Å². The minimum Gasteiger partial charge on any atom is -0.392 e. The third-order valence-electron chi connectivity index (χ3n) is 3.01. The van der Waals surface area contributed by atoms with Crippen molar-refractivity contribution in [1.82, 2.24) is 0 Å². The average molecular weight is 293 g/mol. The van der Waals surface area contributed by atoms with Gasteiger partial charge < -0.3 is 5.11 Å². The lowest BCUT2D eigenvalue weighted by Gasteiger charge is -2.06. The Morgan fingerprint density at radius 3 is 2.47 bits per heavy atom. The Bertz CT molecular complexity index is 567. The van der Waals surface area contributed by atoms with Crippen molar-refractivity contribution in [2.75, 3.05) is 6.61 Å². The van der Waals surface area contributed by atoms with Crippen LogP contribution < -0.4 is 0 Å². The van der Waals surface area contributed by atoms with Crippen LogP contribution in [0.15, 0.2) is 42.0 Å². The normalized spacial score (nSPS) is 12.2. The van der Waals surface area contributed by atoms with E-state index in [1.54, 1.807) is 11.3 Å². The summed E-state index contributed by atoms with van der Waals surface area (Å²) in [5, 5.41) is 10.1. The summed E-state index contributed by atoms with van der Waals surface area (Å²) in [5.74, 6) is 0.367. The Hall–Kier alpha value is -1.09.